The van der Waals surface area contributed by atoms with Gasteiger partial charge in [0.15, 0.2) is 0 Å². The van der Waals surface area contributed by atoms with Gasteiger partial charge < -0.3 is 9.88 Å². The van der Waals surface area contributed by atoms with Gasteiger partial charge in [0.1, 0.15) is 0 Å². The van der Waals surface area contributed by atoms with Crippen LogP contribution in [0.3, 0.4) is 0 Å². The summed E-state index contributed by atoms with van der Waals surface area (Å²) in [6.45, 7) is 2.92. The molecular formula is C22H22N2O. The minimum Gasteiger partial charge on any atom is -0.359 e. The second-order valence-corrected chi connectivity index (χ2v) is 7.47. The van der Waals surface area contributed by atoms with E-state index in [1.807, 2.05) is 25.1 Å². The number of hydrogen-bond acceptors (Lipinski definition) is 1. The maximum atomic E-state index is 13.3. The Balaban J connectivity index is 1.48. The van der Waals surface area contributed by atoms with E-state index in [4.69, 9.17) is 0 Å². The molecule has 1 aliphatic heterocycles. The third-order valence-corrected chi connectivity index (χ3v) is 5.93. The first kappa shape index (κ1) is 14.8. The van der Waals surface area contributed by atoms with Crippen LogP contribution in [-0.4, -0.2) is 28.4 Å². The van der Waals surface area contributed by atoms with Crippen molar-refractivity contribution in [1.29, 1.82) is 0 Å². The lowest BCUT2D eigenvalue weighted by Crippen LogP contribution is -2.46. The van der Waals surface area contributed by atoms with E-state index in [9.17, 15) is 4.79 Å². The predicted octanol–water partition coefficient (Wildman–Crippen LogP) is 4.42. The summed E-state index contributed by atoms with van der Waals surface area (Å²) in [7, 11) is 0. The summed E-state index contributed by atoms with van der Waals surface area (Å²) >= 11 is 0. The fourth-order valence-electron chi connectivity index (χ4n) is 4.81. The first-order valence-electron chi connectivity index (χ1n) is 9.19. The zero-order chi connectivity index (χ0) is 17.0. The van der Waals surface area contributed by atoms with Crippen LogP contribution in [0.4, 0.5) is 0 Å². The number of amides is 1. The molecule has 1 saturated heterocycles. The van der Waals surface area contributed by atoms with Crippen molar-refractivity contribution in [2.45, 2.75) is 38.1 Å². The largest absolute Gasteiger partial charge is 0.359 e. The fourth-order valence-corrected chi connectivity index (χ4v) is 4.81. The summed E-state index contributed by atoms with van der Waals surface area (Å²) in [5.41, 5.74) is 5.92. The van der Waals surface area contributed by atoms with Crippen LogP contribution in [0.5, 0.6) is 0 Å². The number of H-pyrrole nitrogens is 1. The predicted molar refractivity (Wildman–Crippen MR) is 100.0 cm³/mol. The van der Waals surface area contributed by atoms with Crippen LogP contribution in [0.1, 0.15) is 45.9 Å². The number of likely N-dealkylation sites (tertiary alicyclic amines) is 1. The number of benzene rings is 2. The molecule has 2 atom stereocenters. The molecule has 1 amide bonds. The first-order valence-corrected chi connectivity index (χ1v) is 9.19. The Hall–Kier alpha value is -2.55. The first-order chi connectivity index (χ1) is 12.2. The molecule has 0 unspecified atom stereocenters. The van der Waals surface area contributed by atoms with Gasteiger partial charge in [0.2, 0.25) is 0 Å². The van der Waals surface area contributed by atoms with Crippen molar-refractivity contribution in [2.24, 2.45) is 0 Å². The van der Waals surface area contributed by atoms with Crippen LogP contribution in [0.2, 0.25) is 0 Å². The maximum Gasteiger partial charge on any atom is 0.254 e. The molecule has 3 aromatic rings. The van der Waals surface area contributed by atoms with Gasteiger partial charge in [-0.2, -0.15) is 0 Å². The molecule has 0 spiro atoms. The van der Waals surface area contributed by atoms with Crippen LogP contribution in [0.25, 0.3) is 10.9 Å². The molecule has 1 N–H and O–H groups in total. The van der Waals surface area contributed by atoms with Crippen molar-refractivity contribution in [3.8, 4) is 0 Å². The minimum atomic E-state index is 0.184. The Morgan fingerprint density at radius 3 is 2.96 bits per heavy atom. The Morgan fingerprint density at radius 2 is 2.04 bits per heavy atom. The third kappa shape index (κ3) is 2.30. The molecule has 126 valence electrons. The Kier molecular flexibility index (Phi) is 3.24. The topological polar surface area (TPSA) is 36.1 Å². The fraction of sp³-hybridized carbons (Fsp3) is 0.318. The molecule has 0 bridgehead atoms. The highest BCUT2D eigenvalue weighted by molar-refractivity contribution is 5.98. The van der Waals surface area contributed by atoms with Crippen molar-refractivity contribution in [2.75, 3.05) is 6.54 Å². The zero-order valence-corrected chi connectivity index (χ0v) is 14.5. The number of hydrogen-bond donors (Lipinski definition) is 1. The number of nitrogens with one attached hydrogen (secondary N) is 1. The zero-order valence-electron chi connectivity index (χ0n) is 14.5. The van der Waals surface area contributed by atoms with Crippen molar-refractivity contribution in [3.63, 3.8) is 0 Å². The van der Waals surface area contributed by atoms with Crippen molar-refractivity contribution < 1.29 is 4.79 Å². The Morgan fingerprint density at radius 1 is 1.16 bits per heavy atom. The SMILES string of the molecule is Cc1cc2cc(C(=O)N3CCC[C@@H]4c5ccccc5C[C@@H]43)ccc2[nH]1. The Bertz CT molecular complexity index is 971. The van der Waals surface area contributed by atoms with Crippen LogP contribution >= 0.6 is 0 Å². The summed E-state index contributed by atoms with van der Waals surface area (Å²) in [6, 6.07) is 17.2. The molecule has 0 radical (unpaired) electrons. The minimum absolute atomic E-state index is 0.184. The second kappa shape index (κ2) is 5.48. The number of nitrogens with zero attached hydrogens (tertiary/aromatic N) is 1. The van der Waals surface area contributed by atoms with Gasteiger partial charge in [-0.3, -0.25) is 4.79 Å². The highest BCUT2D eigenvalue weighted by Gasteiger charge is 2.40. The van der Waals surface area contributed by atoms with E-state index in [1.54, 1.807) is 0 Å². The molecule has 1 aromatic heterocycles. The number of aromatic amines is 1. The molecule has 5 rings (SSSR count). The lowest BCUT2D eigenvalue weighted by Gasteiger charge is -2.38. The number of piperidine rings is 1. The number of aromatic nitrogens is 1. The van der Waals surface area contributed by atoms with Gasteiger partial charge >= 0.3 is 0 Å². The van der Waals surface area contributed by atoms with Gasteiger partial charge in [-0.25, -0.2) is 0 Å². The van der Waals surface area contributed by atoms with Crippen LogP contribution < -0.4 is 0 Å². The van der Waals surface area contributed by atoms with Gasteiger partial charge in [0.05, 0.1) is 0 Å². The maximum absolute atomic E-state index is 13.3. The Labute approximate surface area is 147 Å². The summed E-state index contributed by atoms with van der Waals surface area (Å²) in [5, 5.41) is 1.12. The molecule has 1 fully saturated rings. The average Bonchev–Trinajstić information content (AvgIpc) is 3.19. The van der Waals surface area contributed by atoms with Crippen LogP contribution in [0, 0.1) is 6.92 Å². The molecule has 3 nitrogen and oxygen atoms in total. The summed E-state index contributed by atoms with van der Waals surface area (Å²) in [6.07, 6.45) is 3.28. The molecule has 2 aromatic carbocycles. The molecule has 25 heavy (non-hydrogen) atoms. The summed E-state index contributed by atoms with van der Waals surface area (Å²) in [5.74, 6) is 0.690. The molecular weight excluding hydrogens is 308 g/mol. The molecule has 1 aliphatic carbocycles. The summed E-state index contributed by atoms with van der Waals surface area (Å²) < 4.78 is 0. The van der Waals surface area contributed by atoms with Gasteiger partial charge in [0, 0.05) is 40.7 Å². The van der Waals surface area contributed by atoms with Gasteiger partial charge in [-0.15, -0.1) is 0 Å². The highest BCUT2D eigenvalue weighted by atomic mass is 16.2. The van der Waals surface area contributed by atoms with Crippen molar-refractivity contribution in [1.82, 2.24) is 9.88 Å². The van der Waals surface area contributed by atoms with Crippen LogP contribution in [0.15, 0.2) is 48.5 Å². The smallest absolute Gasteiger partial charge is 0.254 e. The molecule has 2 aliphatic rings. The van der Waals surface area contributed by atoms with Crippen molar-refractivity contribution in [3.05, 3.63) is 70.9 Å². The number of rotatable bonds is 1. The monoisotopic (exact) mass is 330 g/mol. The van der Waals surface area contributed by atoms with E-state index < -0.39 is 0 Å². The normalized spacial score (nSPS) is 22.0. The van der Waals surface area contributed by atoms with E-state index in [1.165, 1.54) is 17.5 Å². The number of fused-ring (bicyclic) bond motifs is 4. The van der Waals surface area contributed by atoms with E-state index in [0.717, 1.165) is 41.5 Å². The molecule has 0 saturated carbocycles. The molecule has 3 heteroatoms. The van der Waals surface area contributed by atoms with Gasteiger partial charge in [0.25, 0.3) is 5.91 Å². The van der Waals surface area contributed by atoms with Crippen molar-refractivity contribution >= 4 is 16.8 Å². The number of aryl methyl sites for hydroxylation is 1. The quantitative estimate of drug-likeness (QED) is 0.704. The third-order valence-electron chi connectivity index (χ3n) is 5.93. The number of carbonyl (C=O) groups is 1. The average molecular weight is 330 g/mol. The highest BCUT2D eigenvalue weighted by Crippen LogP contribution is 2.42. The number of carbonyl (C=O) groups excluding carboxylic acids is 1. The van der Waals surface area contributed by atoms with E-state index in [2.05, 4.69) is 40.2 Å². The standard InChI is InChI=1S/C22H22N2O/c1-14-11-17-12-16(8-9-20(17)23-14)22(25)24-10-4-7-19-18-6-3-2-5-15(18)13-21(19)24/h2-3,5-6,8-9,11-12,19,21,23H,4,7,10,13H2,1H3/t19-,21+/m1/s1. The molecule has 2 heterocycles. The lowest BCUT2D eigenvalue weighted by atomic mass is 9.88. The van der Waals surface area contributed by atoms with Gasteiger partial charge in [-0.1, -0.05) is 24.3 Å². The lowest BCUT2D eigenvalue weighted by molar-refractivity contribution is 0.0595. The van der Waals surface area contributed by atoms with Gasteiger partial charge in [-0.05, 0) is 61.6 Å². The summed E-state index contributed by atoms with van der Waals surface area (Å²) in [4.78, 5) is 18.7. The van der Waals surface area contributed by atoms with E-state index in [0.29, 0.717) is 12.0 Å². The van der Waals surface area contributed by atoms with E-state index in [-0.39, 0.29) is 5.91 Å². The second-order valence-electron chi connectivity index (χ2n) is 7.47. The van der Waals surface area contributed by atoms with Crippen LogP contribution in [-0.2, 0) is 6.42 Å². The van der Waals surface area contributed by atoms with E-state index >= 15 is 0 Å².